The molecule has 40 heavy (non-hydrogen) atoms. The van der Waals surface area contributed by atoms with Gasteiger partial charge in [-0.3, -0.25) is 14.6 Å². The predicted octanol–water partition coefficient (Wildman–Crippen LogP) is 6.25. The van der Waals surface area contributed by atoms with Gasteiger partial charge in [0.25, 0.3) is 5.56 Å². The Balaban J connectivity index is 0.000000398. The number of hydrogen-bond donors (Lipinski definition) is 0. The second kappa shape index (κ2) is 12.4. The smallest absolute Gasteiger partial charge is 0.318 e. The zero-order valence-electron chi connectivity index (χ0n) is 22.3. The largest absolute Gasteiger partial charge is 0.418 e. The number of alkyl halides is 3. The highest BCUT2D eigenvalue weighted by Crippen LogP contribution is 2.33. The topological polar surface area (TPSA) is 69.8 Å². The van der Waals surface area contributed by atoms with Crippen LogP contribution >= 0.6 is 0 Å². The van der Waals surface area contributed by atoms with Crippen LogP contribution in [0.15, 0.2) is 76.6 Å². The molecule has 5 rings (SSSR count). The van der Waals surface area contributed by atoms with Gasteiger partial charge in [-0.15, -0.1) is 0 Å². The standard InChI is InChI=1S/C23H23F3N4O2.C7H7F/c1-29-13-16(9-10-21(29)31)19-12-17(15-6-3-2-4-7-15)22(32)30(28-19)14-20-18(23(24,25)26)8-5-11-27-20;1-6-3-2-4-7(8)5-6/h5,8-13,15H,2-4,6-7,14H2,1H3;2-5H,1H3. The van der Waals surface area contributed by atoms with Gasteiger partial charge < -0.3 is 4.57 Å². The molecule has 6 nitrogen and oxygen atoms in total. The third-order valence-corrected chi connectivity index (χ3v) is 6.90. The molecular weight excluding hydrogens is 524 g/mol. The zero-order chi connectivity index (χ0) is 28.9. The van der Waals surface area contributed by atoms with Crippen molar-refractivity contribution in [2.24, 2.45) is 7.05 Å². The van der Waals surface area contributed by atoms with E-state index in [2.05, 4.69) is 10.1 Å². The average Bonchev–Trinajstić information content (AvgIpc) is 2.92. The fourth-order valence-corrected chi connectivity index (χ4v) is 4.83. The molecule has 1 saturated carbocycles. The van der Waals surface area contributed by atoms with Crippen LogP contribution < -0.4 is 11.1 Å². The summed E-state index contributed by atoms with van der Waals surface area (Å²) in [6.45, 7) is 1.47. The molecule has 3 aromatic heterocycles. The maximum absolute atomic E-state index is 13.5. The summed E-state index contributed by atoms with van der Waals surface area (Å²) in [5.74, 6) is -0.132. The van der Waals surface area contributed by atoms with Gasteiger partial charge in [0.05, 0.1) is 23.5 Å². The Morgan fingerprint density at radius 3 is 2.35 bits per heavy atom. The predicted molar refractivity (Wildman–Crippen MR) is 144 cm³/mol. The van der Waals surface area contributed by atoms with Gasteiger partial charge in [-0.2, -0.15) is 18.3 Å². The van der Waals surface area contributed by atoms with Crippen LogP contribution in [0.1, 0.15) is 60.4 Å². The minimum Gasteiger partial charge on any atom is -0.318 e. The molecule has 3 heterocycles. The first-order chi connectivity index (χ1) is 19.0. The summed E-state index contributed by atoms with van der Waals surface area (Å²) < 4.78 is 55.0. The van der Waals surface area contributed by atoms with E-state index in [1.165, 1.54) is 35.0 Å². The molecule has 0 unspecified atom stereocenters. The summed E-state index contributed by atoms with van der Waals surface area (Å²) in [4.78, 5) is 28.9. The number of halogens is 4. The van der Waals surface area contributed by atoms with E-state index in [-0.39, 0.29) is 23.0 Å². The molecule has 0 spiro atoms. The van der Waals surface area contributed by atoms with Crippen molar-refractivity contribution in [2.45, 2.75) is 57.7 Å². The van der Waals surface area contributed by atoms with E-state index < -0.39 is 23.8 Å². The van der Waals surface area contributed by atoms with Crippen molar-refractivity contribution in [1.82, 2.24) is 19.3 Å². The van der Waals surface area contributed by atoms with Crippen LogP contribution in [0.25, 0.3) is 11.3 Å². The number of nitrogens with zero attached hydrogens (tertiary/aromatic N) is 4. The normalized spacial score (nSPS) is 13.9. The third kappa shape index (κ3) is 7.11. The SMILES string of the molecule is Cc1cccc(F)c1.Cn1cc(-c2cc(C3CCCCC3)c(=O)n(Cc3ncccc3C(F)(F)F)n2)ccc1=O. The Kier molecular flexibility index (Phi) is 8.96. The molecule has 0 N–H and O–H groups in total. The monoisotopic (exact) mass is 554 g/mol. The first-order valence-electron chi connectivity index (χ1n) is 13.1. The highest BCUT2D eigenvalue weighted by atomic mass is 19.4. The van der Waals surface area contributed by atoms with Gasteiger partial charge >= 0.3 is 6.18 Å². The highest BCUT2D eigenvalue weighted by molar-refractivity contribution is 5.58. The molecule has 210 valence electrons. The van der Waals surface area contributed by atoms with Crippen molar-refractivity contribution in [3.63, 3.8) is 0 Å². The Morgan fingerprint density at radius 2 is 1.73 bits per heavy atom. The second-order valence-corrected chi connectivity index (χ2v) is 9.94. The molecule has 1 aliphatic rings. The Labute approximate surface area is 229 Å². The molecule has 1 aromatic carbocycles. The molecule has 0 aliphatic heterocycles. The van der Waals surface area contributed by atoms with E-state index >= 15 is 0 Å². The van der Waals surface area contributed by atoms with Crippen molar-refractivity contribution in [3.05, 3.63) is 116 Å². The molecule has 0 bridgehead atoms. The molecule has 10 heteroatoms. The van der Waals surface area contributed by atoms with E-state index in [1.54, 1.807) is 31.4 Å². The van der Waals surface area contributed by atoms with Crippen LogP contribution in [0.4, 0.5) is 17.6 Å². The van der Waals surface area contributed by atoms with Crippen LogP contribution in [0.3, 0.4) is 0 Å². The summed E-state index contributed by atoms with van der Waals surface area (Å²) in [6.07, 6.45) is 3.09. The molecular formula is C30H30F4N4O2. The van der Waals surface area contributed by atoms with Crippen LogP contribution in [-0.2, 0) is 19.8 Å². The Bertz CT molecular complexity index is 1570. The summed E-state index contributed by atoms with van der Waals surface area (Å²) in [7, 11) is 1.60. The van der Waals surface area contributed by atoms with Gasteiger partial charge in [-0.05, 0) is 67.6 Å². The molecule has 0 amide bonds. The van der Waals surface area contributed by atoms with E-state index in [0.29, 0.717) is 16.8 Å². The van der Waals surface area contributed by atoms with Gasteiger partial charge in [0.2, 0.25) is 5.56 Å². The maximum Gasteiger partial charge on any atom is 0.418 e. The van der Waals surface area contributed by atoms with Crippen LogP contribution in [-0.4, -0.2) is 19.3 Å². The molecule has 1 aliphatic carbocycles. The number of rotatable bonds is 4. The lowest BCUT2D eigenvalue weighted by Crippen LogP contribution is -2.30. The van der Waals surface area contributed by atoms with Crippen molar-refractivity contribution in [1.29, 1.82) is 0 Å². The molecule has 1 fully saturated rings. The second-order valence-electron chi connectivity index (χ2n) is 9.94. The van der Waals surface area contributed by atoms with Crippen LogP contribution in [0.2, 0.25) is 0 Å². The van der Waals surface area contributed by atoms with Gasteiger partial charge in [0, 0.05) is 36.6 Å². The van der Waals surface area contributed by atoms with Crippen LogP contribution in [0.5, 0.6) is 0 Å². The molecule has 0 atom stereocenters. The van der Waals surface area contributed by atoms with E-state index in [9.17, 15) is 27.2 Å². The number of aryl methyl sites for hydroxylation is 2. The van der Waals surface area contributed by atoms with Crippen molar-refractivity contribution in [3.8, 4) is 11.3 Å². The zero-order valence-corrected chi connectivity index (χ0v) is 22.3. The van der Waals surface area contributed by atoms with E-state index in [1.807, 2.05) is 13.0 Å². The van der Waals surface area contributed by atoms with Gasteiger partial charge in [0.15, 0.2) is 0 Å². The van der Waals surface area contributed by atoms with Gasteiger partial charge in [-0.1, -0.05) is 31.4 Å². The number of benzene rings is 1. The highest BCUT2D eigenvalue weighted by Gasteiger charge is 2.34. The first-order valence-corrected chi connectivity index (χ1v) is 13.1. The molecule has 0 saturated heterocycles. The first kappa shape index (κ1) is 28.9. The Morgan fingerprint density at radius 1 is 0.975 bits per heavy atom. The summed E-state index contributed by atoms with van der Waals surface area (Å²) in [5.41, 5.74) is 0.808. The number of hydrogen-bond acceptors (Lipinski definition) is 4. The average molecular weight is 555 g/mol. The molecule has 0 radical (unpaired) electrons. The third-order valence-electron chi connectivity index (χ3n) is 6.90. The minimum absolute atomic E-state index is 0.0302. The number of pyridine rings is 2. The fraction of sp³-hybridized carbons (Fsp3) is 0.333. The van der Waals surface area contributed by atoms with Crippen molar-refractivity contribution in [2.75, 3.05) is 0 Å². The molecule has 4 aromatic rings. The summed E-state index contributed by atoms with van der Waals surface area (Å²) in [6, 6.07) is 13.4. The summed E-state index contributed by atoms with van der Waals surface area (Å²) >= 11 is 0. The van der Waals surface area contributed by atoms with E-state index in [0.717, 1.165) is 48.4 Å². The fourth-order valence-electron chi connectivity index (χ4n) is 4.83. The Hall–Kier alpha value is -4.08. The quantitative estimate of drug-likeness (QED) is 0.280. The van der Waals surface area contributed by atoms with Crippen molar-refractivity contribution < 1.29 is 17.6 Å². The van der Waals surface area contributed by atoms with Gasteiger partial charge in [-0.25, -0.2) is 9.07 Å². The van der Waals surface area contributed by atoms with E-state index in [4.69, 9.17) is 0 Å². The lowest BCUT2D eigenvalue weighted by molar-refractivity contribution is -0.138. The lowest BCUT2D eigenvalue weighted by Gasteiger charge is -2.22. The maximum atomic E-state index is 13.5. The lowest BCUT2D eigenvalue weighted by atomic mass is 9.84. The van der Waals surface area contributed by atoms with Crippen LogP contribution in [0, 0.1) is 12.7 Å². The minimum atomic E-state index is -4.59. The summed E-state index contributed by atoms with van der Waals surface area (Å²) in [5, 5.41) is 4.37. The van der Waals surface area contributed by atoms with Gasteiger partial charge in [0.1, 0.15) is 5.82 Å². The number of aromatic nitrogens is 4. The van der Waals surface area contributed by atoms with Crippen molar-refractivity contribution >= 4 is 0 Å².